The summed E-state index contributed by atoms with van der Waals surface area (Å²) < 4.78 is 21.9. The summed E-state index contributed by atoms with van der Waals surface area (Å²) in [6.45, 7) is 7.70. The molecule has 0 spiro atoms. The van der Waals surface area contributed by atoms with Gasteiger partial charge in [-0.1, -0.05) is 36.8 Å². The van der Waals surface area contributed by atoms with Crippen LogP contribution in [-0.2, 0) is 10.0 Å². The van der Waals surface area contributed by atoms with Crippen LogP contribution in [0.15, 0.2) is 29.3 Å². The second-order valence-corrected chi connectivity index (χ2v) is 7.06. The number of primary sulfonamides is 1. The molecule has 22 heavy (non-hydrogen) atoms. The molecule has 124 valence electrons. The third-order valence-corrected chi connectivity index (χ3v) is 3.97. The third kappa shape index (κ3) is 7.42. The Bertz CT molecular complexity index is 582. The first-order valence-corrected chi connectivity index (χ1v) is 9.12. The molecule has 0 heterocycles. The van der Waals surface area contributed by atoms with Crippen molar-refractivity contribution in [2.24, 2.45) is 10.1 Å². The number of rotatable bonds is 7. The molecular formula is C15H26N4O2S. The highest BCUT2D eigenvalue weighted by atomic mass is 32.2. The van der Waals surface area contributed by atoms with Crippen molar-refractivity contribution in [2.75, 3.05) is 25.4 Å². The highest BCUT2D eigenvalue weighted by Gasteiger charge is 2.06. The van der Waals surface area contributed by atoms with Crippen molar-refractivity contribution in [1.82, 2.24) is 10.6 Å². The Balaban J connectivity index is 2.58. The van der Waals surface area contributed by atoms with Crippen molar-refractivity contribution in [3.63, 3.8) is 0 Å². The van der Waals surface area contributed by atoms with E-state index < -0.39 is 10.0 Å². The minimum Gasteiger partial charge on any atom is -0.357 e. The van der Waals surface area contributed by atoms with Crippen LogP contribution in [0.25, 0.3) is 0 Å². The van der Waals surface area contributed by atoms with E-state index in [0.717, 1.165) is 0 Å². The summed E-state index contributed by atoms with van der Waals surface area (Å²) in [6.07, 6.45) is 0. The van der Waals surface area contributed by atoms with Gasteiger partial charge in [0.15, 0.2) is 5.96 Å². The number of aliphatic imine (C=N–C) groups is 1. The van der Waals surface area contributed by atoms with Crippen molar-refractivity contribution in [3.8, 4) is 0 Å². The molecule has 4 N–H and O–H groups in total. The second-order valence-electron chi connectivity index (χ2n) is 5.33. The number of guanidine groups is 1. The molecule has 0 radical (unpaired) electrons. The first-order chi connectivity index (χ1) is 10.3. The third-order valence-electron chi connectivity index (χ3n) is 3.19. The Morgan fingerprint density at radius 2 is 1.91 bits per heavy atom. The predicted octanol–water partition coefficient (Wildman–Crippen LogP) is 0.942. The molecule has 0 saturated carbocycles. The van der Waals surface area contributed by atoms with E-state index >= 15 is 0 Å². The number of sulfonamides is 1. The van der Waals surface area contributed by atoms with Crippen LogP contribution in [0.1, 0.15) is 30.9 Å². The van der Waals surface area contributed by atoms with Crippen molar-refractivity contribution < 1.29 is 8.42 Å². The molecule has 0 saturated heterocycles. The Morgan fingerprint density at radius 3 is 2.45 bits per heavy atom. The van der Waals surface area contributed by atoms with Crippen molar-refractivity contribution in [1.29, 1.82) is 0 Å². The lowest BCUT2D eigenvalue weighted by molar-refractivity contribution is 0.596. The van der Waals surface area contributed by atoms with Gasteiger partial charge in [-0.05, 0) is 19.4 Å². The average Bonchev–Trinajstić information content (AvgIpc) is 2.44. The molecule has 1 aromatic rings. The Labute approximate surface area is 133 Å². The number of hydrogen-bond donors (Lipinski definition) is 3. The predicted molar refractivity (Wildman–Crippen MR) is 91.5 cm³/mol. The molecule has 0 amide bonds. The van der Waals surface area contributed by atoms with E-state index in [9.17, 15) is 8.42 Å². The minimum absolute atomic E-state index is 0.120. The van der Waals surface area contributed by atoms with E-state index in [1.165, 1.54) is 11.1 Å². The lowest BCUT2D eigenvalue weighted by Gasteiger charge is -2.13. The van der Waals surface area contributed by atoms with Gasteiger partial charge in [-0.25, -0.2) is 13.6 Å². The van der Waals surface area contributed by atoms with Gasteiger partial charge in [0, 0.05) is 25.6 Å². The number of nitrogens with two attached hydrogens (primary N) is 1. The maximum Gasteiger partial charge on any atom is 0.210 e. The number of hydrogen-bond acceptors (Lipinski definition) is 3. The topological polar surface area (TPSA) is 96.6 Å². The van der Waals surface area contributed by atoms with Gasteiger partial charge in [0.1, 0.15) is 0 Å². The van der Waals surface area contributed by atoms with Crippen LogP contribution in [0, 0.1) is 6.92 Å². The molecule has 0 aliphatic rings. The van der Waals surface area contributed by atoms with E-state index in [0.29, 0.717) is 19.0 Å². The van der Waals surface area contributed by atoms with E-state index in [4.69, 9.17) is 5.14 Å². The van der Waals surface area contributed by atoms with Gasteiger partial charge in [-0.2, -0.15) is 0 Å². The monoisotopic (exact) mass is 326 g/mol. The molecule has 6 nitrogen and oxygen atoms in total. The molecule has 1 unspecified atom stereocenters. The van der Waals surface area contributed by atoms with Gasteiger partial charge in [-0.3, -0.25) is 4.99 Å². The molecular weight excluding hydrogens is 300 g/mol. The van der Waals surface area contributed by atoms with Crippen LogP contribution in [0.4, 0.5) is 0 Å². The Hall–Kier alpha value is -1.60. The molecule has 0 aliphatic heterocycles. The zero-order valence-corrected chi connectivity index (χ0v) is 14.3. The van der Waals surface area contributed by atoms with Crippen molar-refractivity contribution in [3.05, 3.63) is 35.4 Å². The van der Waals surface area contributed by atoms with Crippen LogP contribution in [0.2, 0.25) is 0 Å². The lowest BCUT2D eigenvalue weighted by Crippen LogP contribution is -2.40. The Morgan fingerprint density at radius 1 is 1.27 bits per heavy atom. The number of aryl methyl sites for hydroxylation is 1. The summed E-state index contributed by atoms with van der Waals surface area (Å²) in [4.78, 5) is 4.49. The fourth-order valence-electron chi connectivity index (χ4n) is 1.88. The maximum absolute atomic E-state index is 10.9. The molecule has 0 aliphatic carbocycles. The molecule has 0 fully saturated rings. The van der Waals surface area contributed by atoms with Crippen LogP contribution >= 0.6 is 0 Å². The van der Waals surface area contributed by atoms with Gasteiger partial charge >= 0.3 is 0 Å². The van der Waals surface area contributed by atoms with Crippen molar-refractivity contribution >= 4 is 16.0 Å². The van der Waals surface area contributed by atoms with Crippen LogP contribution < -0.4 is 15.8 Å². The number of nitrogens with one attached hydrogen (secondary N) is 2. The molecule has 7 heteroatoms. The molecule has 1 aromatic carbocycles. The SMILES string of the molecule is CCNC(=NCC(C)c1ccc(C)cc1)NCCS(N)(=O)=O. The van der Waals surface area contributed by atoms with E-state index in [1.54, 1.807) is 0 Å². The quantitative estimate of drug-likeness (QED) is 0.513. The highest BCUT2D eigenvalue weighted by Crippen LogP contribution is 2.15. The zero-order valence-electron chi connectivity index (χ0n) is 13.5. The maximum atomic E-state index is 10.9. The summed E-state index contributed by atoms with van der Waals surface area (Å²) >= 11 is 0. The summed E-state index contributed by atoms with van der Waals surface area (Å²) in [5.41, 5.74) is 2.46. The standard InChI is InChI=1S/C15H26N4O2S/c1-4-17-15(18-9-10-22(16,20)21)19-11-13(3)14-7-5-12(2)6-8-14/h5-8,13H,4,9-11H2,1-3H3,(H2,16,20,21)(H2,17,18,19). The van der Waals surface area contributed by atoms with Gasteiger partial charge in [0.25, 0.3) is 0 Å². The summed E-state index contributed by atoms with van der Waals surface area (Å²) in [5, 5.41) is 11.0. The molecule has 0 bridgehead atoms. The fourth-order valence-corrected chi connectivity index (χ4v) is 2.27. The summed E-state index contributed by atoms with van der Waals surface area (Å²) in [6, 6.07) is 8.39. The summed E-state index contributed by atoms with van der Waals surface area (Å²) in [5.74, 6) is 0.768. The minimum atomic E-state index is -3.46. The first-order valence-electron chi connectivity index (χ1n) is 7.41. The fraction of sp³-hybridized carbons (Fsp3) is 0.533. The molecule has 1 rings (SSSR count). The normalized spacial score (nSPS) is 13.7. The van der Waals surface area contributed by atoms with Crippen LogP contribution in [-0.4, -0.2) is 39.8 Å². The zero-order chi connectivity index (χ0) is 16.6. The Kier molecular flexibility index (Phi) is 7.34. The molecule has 0 aromatic heterocycles. The number of benzene rings is 1. The van der Waals surface area contributed by atoms with E-state index in [2.05, 4.69) is 53.7 Å². The van der Waals surface area contributed by atoms with E-state index in [-0.39, 0.29) is 18.2 Å². The number of nitrogens with zero attached hydrogens (tertiary/aromatic N) is 1. The largest absolute Gasteiger partial charge is 0.357 e. The van der Waals surface area contributed by atoms with Crippen LogP contribution in [0.5, 0.6) is 0 Å². The lowest BCUT2D eigenvalue weighted by atomic mass is 10.0. The van der Waals surface area contributed by atoms with Gasteiger partial charge in [-0.15, -0.1) is 0 Å². The van der Waals surface area contributed by atoms with Crippen LogP contribution in [0.3, 0.4) is 0 Å². The smallest absolute Gasteiger partial charge is 0.210 e. The van der Waals surface area contributed by atoms with Gasteiger partial charge in [0.05, 0.1) is 5.75 Å². The second kappa shape index (κ2) is 8.75. The average molecular weight is 326 g/mol. The first kappa shape index (κ1) is 18.4. The van der Waals surface area contributed by atoms with Gasteiger partial charge < -0.3 is 10.6 Å². The van der Waals surface area contributed by atoms with Crippen molar-refractivity contribution in [2.45, 2.75) is 26.7 Å². The van der Waals surface area contributed by atoms with E-state index in [1.807, 2.05) is 6.92 Å². The molecule has 1 atom stereocenters. The summed E-state index contributed by atoms with van der Waals surface area (Å²) in [7, 11) is -3.46. The highest BCUT2D eigenvalue weighted by molar-refractivity contribution is 7.89. The van der Waals surface area contributed by atoms with Gasteiger partial charge in [0.2, 0.25) is 10.0 Å².